The molecular formula is C15H15N3. The van der Waals surface area contributed by atoms with Gasteiger partial charge in [-0.25, -0.2) is 4.98 Å². The van der Waals surface area contributed by atoms with Crippen molar-refractivity contribution in [2.24, 2.45) is 0 Å². The van der Waals surface area contributed by atoms with E-state index in [0.29, 0.717) is 5.69 Å². The molecule has 2 rings (SSSR count). The van der Waals surface area contributed by atoms with Crippen LogP contribution in [0.4, 0.5) is 11.4 Å². The van der Waals surface area contributed by atoms with Crippen molar-refractivity contribution < 1.29 is 0 Å². The highest BCUT2D eigenvalue weighted by Crippen LogP contribution is 2.25. The van der Waals surface area contributed by atoms with Crippen molar-refractivity contribution in [3.63, 3.8) is 0 Å². The molecule has 90 valence electrons. The Morgan fingerprint density at radius 3 is 2.33 bits per heavy atom. The Balaban J connectivity index is 2.41. The van der Waals surface area contributed by atoms with E-state index < -0.39 is 0 Å². The summed E-state index contributed by atoms with van der Waals surface area (Å²) in [5.41, 5.74) is 4.97. The quantitative estimate of drug-likeness (QED) is 0.804. The fraction of sp³-hybridized carbons (Fsp3) is 0.200. The molecule has 0 aliphatic rings. The van der Waals surface area contributed by atoms with Crippen molar-refractivity contribution >= 4 is 11.4 Å². The molecule has 1 aromatic heterocycles. The van der Waals surface area contributed by atoms with E-state index in [9.17, 15) is 0 Å². The fourth-order valence-electron chi connectivity index (χ4n) is 1.98. The predicted octanol–water partition coefficient (Wildman–Crippen LogP) is 3.34. The number of nitrogens with zero attached hydrogens (tertiary/aromatic N) is 3. The summed E-state index contributed by atoms with van der Waals surface area (Å²) in [6.45, 7) is 4.16. The predicted molar refractivity (Wildman–Crippen MR) is 72.9 cm³/mol. The highest BCUT2D eigenvalue weighted by molar-refractivity contribution is 5.64. The van der Waals surface area contributed by atoms with E-state index in [-0.39, 0.29) is 0 Å². The summed E-state index contributed by atoms with van der Waals surface area (Å²) < 4.78 is 0. The maximum atomic E-state index is 8.87. The first-order valence-electron chi connectivity index (χ1n) is 5.78. The number of rotatable bonds is 2. The number of aromatic nitrogens is 1. The lowest BCUT2D eigenvalue weighted by atomic mass is 10.1. The molecule has 0 spiro atoms. The van der Waals surface area contributed by atoms with E-state index >= 15 is 0 Å². The molecule has 3 nitrogen and oxygen atoms in total. The van der Waals surface area contributed by atoms with E-state index in [1.165, 1.54) is 11.1 Å². The highest BCUT2D eigenvalue weighted by atomic mass is 15.1. The van der Waals surface area contributed by atoms with Crippen LogP contribution in [-0.2, 0) is 0 Å². The van der Waals surface area contributed by atoms with Crippen molar-refractivity contribution in [3.8, 4) is 6.07 Å². The van der Waals surface area contributed by atoms with Gasteiger partial charge in [-0.3, -0.25) is 0 Å². The minimum absolute atomic E-state index is 0.434. The second-order valence-corrected chi connectivity index (χ2v) is 4.42. The van der Waals surface area contributed by atoms with Crippen LogP contribution >= 0.6 is 0 Å². The van der Waals surface area contributed by atoms with Crippen molar-refractivity contribution in [1.29, 1.82) is 5.26 Å². The molecule has 0 saturated heterocycles. The van der Waals surface area contributed by atoms with E-state index in [0.717, 1.165) is 11.4 Å². The standard InChI is InChI=1S/C15H15N3/c1-11-6-12(2)8-15(7-11)18(3)14-4-5-17-13(9-14)10-16/h4-9H,1-3H3. The monoisotopic (exact) mass is 237 g/mol. The lowest BCUT2D eigenvalue weighted by Crippen LogP contribution is -2.10. The molecule has 0 amide bonds. The number of benzene rings is 1. The van der Waals surface area contributed by atoms with Gasteiger partial charge in [0.25, 0.3) is 0 Å². The van der Waals surface area contributed by atoms with Gasteiger partial charge in [-0.15, -0.1) is 0 Å². The third kappa shape index (κ3) is 2.49. The topological polar surface area (TPSA) is 39.9 Å². The zero-order valence-corrected chi connectivity index (χ0v) is 10.8. The molecule has 0 N–H and O–H groups in total. The Morgan fingerprint density at radius 1 is 1.06 bits per heavy atom. The van der Waals surface area contributed by atoms with Crippen LogP contribution in [0.5, 0.6) is 0 Å². The molecule has 18 heavy (non-hydrogen) atoms. The minimum Gasteiger partial charge on any atom is -0.344 e. The molecule has 1 heterocycles. The van der Waals surface area contributed by atoms with Crippen molar-refractivity contribution in [2.45, 2.75) is 13.8 Å². The van der Waals surface area contributed by atoms with Gasteiger partial charge in [-0.2, -0.15) is 5.26 Å². The van der Waals surface area contributed by atoms with Crippen LogP contribution in [0.15, 0.2) is 36.5 Å². The van der Waals surface area contributed by atoms with Gasteiger partial charge < -0.3 is 4.90 Å². The minimum atomic E-state index is 0.434. The average molecular weight is 237 g/mol. The van der Waals surface area contributed by atoms with Gasteiger partial charge in [0.1, 0.15) is 11.8 Å². The van der Waals surface area contributed by atoms with Gasteiger partial charge in [-0.1, -0.05) is 6.07 Å². The van der Waals surface area contributed by atoms with Gasteiger partial charge >= 0.3 is 0 Å². The van der Waals surface area contributed by atoms with Crippen LogP contribution in [-0.4, -0.2) is 12.0 Å². The van der Waals surface area contributed by atoms with Crippen molar-refractivity contribution in [3.05, 3.63) is 53.3 Å². The second kappa shape index (κ2) is 4.89. The summed E-state index contributed by atoms with van der Waals surface area (Å²) in [5.74, 6) is 0. The normalized spacial score (nSPS) is 9.89. The first-order valence-corrected chi connectivity index (χ1v) is 5.78. The van der Waals surface area contributed by atoms with E-state index in [4.69, 9.17) is 5.26 Å². The molecule has 0 atom stereocenters. The van der Waals surface area contributed by atoms with Gasteiger partial charge in [0.05, 0.1) is 0 Å². The summed E-state index contributed by atoms with van der Waals surface area (Å²) in [7, 11) is 1.99. The number of aryl methyl sites for hydroxylation is 2. The van der Waals surface area contributed by atoms with Crippen molar-refractivity contribution in [1.82, 2.24) is 4.98 Å². The van der Waals surface area contributed by atoms with Gasteiger partial charge in [0.15, 0.2) is 0 Å². The Hall–Kier alpha value is -2.34. The van der Waals surface area contributed by atoms with Crippen LogP contribution < -0.4 is 4.90 Å². The molecular weight excluding hydrogens is 222 g/mol. The number of anilines is 2. The van der Waals surface area contributed by atoms with Gasteiger partial charge in [0, 0.05) is 24.6 Å². The van der Waals surface area contributed by atoms with Crippen LogP contribution in [0.3, 0.4) is 0 Å². The summed E-state index contributed by atoms with van der Waals surface area (Å²) in [6, 6.07) is 12.1. The highest BCUT2D eigenvalue weighted by Gasteiger charge is 2.06. The largest absolute Gasteiger partial charge is 0.344 e. The smallest absolute Gasteiger partial charge is 0.142 e. The Labute approximate surface area is 107 Å². The number of hydrogen-bond donors (Lipinski definition) is 0. The van der Waals surface area contributed by atoms with Crippen LogP contribution in [0.2, 0.25) is 0 Å². The molecule has 0 radical (unpaired) electrons. The summed E-state index contributed by atoms with van der Waals surface area (Å²) in [6.07, 6.45) is 1.66. The summed E-state index contributed by atoms with van der Waals surface area (Å²) >= 11 is 0. The fourth-order valence-corrected chi connectivity index (χ4v) is 1.98. The molecule has 0 bridgehead atoms. The number of nitriles is 1. The van der Waals surface area contributed by atoms with Gasteiger partial charge in [-0.05, 0) is 49.2 Å². The SMILES string of the molecule is Cc1cc(C)cc(N(C)c2ccnc(C#N)c2)c1. The zero-order valence-electron chi connectivity index (χ0n) is 10.8. The summed E-state index contributed by atoms with van der Waals surface area (Å²) in [5, 5.41) is 8.87. The Morgan fingerprint density at radius 2 is 1.72 bits per heavy atom. The van der Waals surface area contributed by atoms with Crippen molar-refractivity contribution in [2.75, 3.05) is 11.9 Å². The van der Waals surface area contributed by atoms with E-state index in [1.807, 2.05) is 13.1 Å². The molecule has 0 fully saturated rings. The van der Waals surface area contributed by atoms with Crippen LogP contribution in [0, 0.1) is 25.2 Å². The maximum absolute atomic E-state index is 8.87. The lowest BCUT2D eigenvalue weighted by molar-refractivity contribution is 1.16. The lowest BCUT2D eigenvalue weighted by Gasteiger charge is -2.20. The molecule has 0 unspecified atom stereocenters. The average Bonchev–Trinajstić information content (AvgIpc) is 2.37. The molecule has 2 aromatic rings. The Kier molecular flexibility index (Phi) is 3.29. The first-order chi connectivity index (χ1) is 8.60. The van der Waals surface area contributed by atoms with E-state index in [1.54, 1.807) is 12.3 Å². The summed E-state index contributed by atoms with van der Waals surface area (Å²) in [4.78, 5) is 6.04. The Bertz CT molecular complexity index is 591. The van der Waals surface area contributed by atoms with Crippen LogP contribution in [0.1, 0.15) is 16.8 Å². The third-order valence-corrected chi connectivity index (χ3v) is 2.84. The first kappa shape index (κ1) is 12.1. The molecule has 0 aliphatic heterocycles. The maximum Gasteiger partial charge on any atom is 0.142 e. The molecule has 0 saturated carbocycles. The third-order valence-electron chi connectivity index (χ3n) is 2.84. The number of pyridine rings is 1. The van der Waals surface area contributed by atoms with Crippen LogP contribution in [0.25, 0.3) is 0 Å². The zero-order chi connectivity index (χ0) is 13.1. The second-order valence-electron chi connectivity index (χ2n) is 4.42. The van der Waals surface area contributed by atoms with E-state index in [2.05, 4.69) is 48.0 Å². The molecule has 1 aromatic carbocycles. The number of hydrogen-bond acceptors (Lipinski definition) is 3. The molecule has 3 heteroatoms. The van der Waals surface area contributed by atoms with Gasteiger partial charge in [0.2, 0.25) is 0 Å². The molecule has 0 aliphatic carbocycles.